The van der Waals surface area contributed by atoms with Crippen molar-refractivity contribution in [2.75, 3.05) is 13.7 Å². The first-order valence-corrected chi connectivity index (χ1v) is 5.49. The van der Waals surface area contributed by atoms with Crippen LogP contribution < -0.4 is 5.32 Å². The van der Waals surface area contributed by atoms with Gasteiger partial charge in [0.05, 0.1) is 20.1 Å². The number of carbonyl (C=O) groups is 2. The Morgan fingerprint density at radius 3 is 2.38 bits per heavy atom. The molecule has 0 radical (unpaired) electrons. The van der Waals surface area contributed by atoms with Crippen molar-refractivity contribution in [3.63, 3.8) is 0 Å². The van der Waals surface area contributed by atoms with Gasteiger partial charge in [0.15, 0.2) is 0 Å². The number of esters is 1. The molecule has 1 N–H and O–H groups in total. The zero-order valence-electron chi connectivity index (χ0n) is 10.4. The van der Waals surface area contributed by atoms with Crippen LogP contribution in [0.3, 0.4) is 0 Å². The number of methoxy groups -OCH3 is 1. The van der Waals surface area contributed by atoms with E-state index in [4.69, 9.17) is 4.74 Å². The van der Waals surface area contributed by atoms with Gasteiger partial charge in [-0.05, 0) is 12.3 Å². The maximum Gasteiger partial charge on any atom is 0.407 e. The lowest BCUT2D eigenvalue weighted by atomic mass is 10.1. The maximum absolute atomic E-state index is 11.3. The molecule has 1 unspecified atom stereocenters. The first-order valence-electron chi connectivity index (χ1n) is 5.49. The van der Waals surface area contributed by atoms with Crippen LogP contribution in [-0.4, -0.2) is 31.8 Å². The fourth-order valence-electron chi connectivity index (χ4n) is 1.03. The van der Waals surface area contributed by atoms with Crippen molar-refractivity contribution in [2.24, 2.45) is 5.92 Å². The van der Waals surface area contributed by atoms with Crippen molar-refractivity contribution in [3.05, 3.63) is 0 Å². The maximum atomic E-state index is 11.3. The zero-order valence-corrected chi connectivity index (χ0v) is 10.4. The Bertz CT molecular complexity index is 228. The molecule has 94 valence electrons. The molecule has 0 aliphatic heterocycles. The summed E-state index contributed by atoms with van der Waals surface area (Å²) in [6, 6.07) is -0.230. The van der Waals surface area contributed by atoms with Crippen LogP contribution in [0.1, 0.15) is 33.6 Å². The number of hydrogen-bond acceptors (Lipinski definition) is 4. The van der Waals surface area contributed by atoms with Gasteiger partial charge in [0.2, 0.25) is 0 Å². The van der Waals surface area contributed by atoms with Crippen LogP contribution in [0.15, 0.2) is 0 Å². The Morgan fingerprint density at radius 1 is 1.31 bits per heavy atom. The molecule has 0 bridgehead atoms. The molecule has 0 aliphatic rings. The van der Waals surface area contributed by atoms with Gasteiger partial charge in [-0.15, -0.1) is 0 Å². The van der Waals surface area contributed by atoms with Gasteiger partial charge < -0.3 is 14.8 Å². The summed E-state index contributed by atoms with van der Waals surface area (Å²) in [4.78, 5) is 22.3. The van der Waals surface area contributed by atoms with E-state index in [1.165, 1.54) is 7.11 Å². The summed E-state index contributed by atoms with van der Waals surface area (Å²) in [5.74, 6) is -0.0394. The van der Waals surface area contributed by atoms with Crippen molar-refractivity contribution < 1.29 is 19.1 Å². The molecule has 0 rings (SSSR count). The third kappa shape index (κ3) is 7.09. The van der Waals surface area contributed by atoms with E-state index in [2.05, 4.69) is 10.1 Å². The smallest absolute Gasteiger partial charge is 0.407 e. The summed E-state index contributed by atoms with van der Waals surface area (Å²) in [7, 11) is 1.33. The van der Waals surface area contributed by atoms with E-state index in [0.717, 1.165) is 0 Å². The summed E-state index contributed by atoms with van der Waals surface area (Å²) in [6.07, 6.45) is 0.347. The molecular weight excluding hydrogens is 210 g/mol. The minimum atomic E-state index is -0.482. The third-order valence-electron chi connectivity index (χ3n) is 2.00. The van der Waals surface area contributed by atoms with Gasteiger partial charge in [-0.1, -0.05) is 20.8 Å². The lowest BCUT2D eigenvalue weighted by molar-refractivity contribution is -0.141. The molecule has 1 amide bonds. The number of hydrogen-bond donors (Lipinski definition) is 1. The highest BCUT2D eigenvalue weighted by molar-refractivity contribution is 5.72. The van der Waals surface area contributed by atoms with E-state index in [1.54, 1.807) is 0 Å². The SMILES string of the molecule is CCC(CC(=O)OC)NC(=O)OCC(C)C. The molecule has 0 saturated carbocycles. The summed E-state index contributed by atoms with van der Waals surface area (Å²) in [5, 5.41) is 2.63. The molecule has 16 heavy (non-hydrogen) atoms. The van der Waals surface area contributed by atoms with Gasteiger partial charge >= 0.3 is 12.1 Å². The molecule has 0 fully saturated rings. The fourth-order valence-corrected chi connectivity index (χ4v) is 1.03. The van der Waals surface area contributed by atoms with E-state index >= 15 is 0 Å². The van der Waals surface area contributed by atoms with Crippen LogP contribution in [0, 0.1) is 5.92 Å². The van der Waals surface area contributed by atoms with Crippen molar-refractivity contribution in [3.8, 4) is 0 Å². The molecule has 5 heteroatoms. The molecule has 0 aromatic rings. The van der Waals surface area contributed by atoms with Crippen molar-refractivity contribution in [2.45, 2.75) is 39.7 Å². The average molecular weight is 231 g/mol. The number of nitrogens with one attached hydrogen (secondary N) is 1. The molecule has 0 heterocycles. The Hall–Kier alpha value is -1.26. The number of ether oxygens (including phenoxy) is 2. The quantitative estimate of drug-likeness (QED) is 0.707. The largest absolute Gasteiger partial charge is 0.469 e. The fraction of sp³-hybridized carbons (Fsp3) is 0.818. The van der Waals surface area contributed by atoms with Gasteiger partial charge in [-0.3, -0.25) is 4.79 Å². The van der Waals surface area contributed by atoms with Crippen LogP contribution in [0.5, 0.6) is 0 Å². The van der Waals surface area contributed by atoms with E-state index in [-0.39, 0.29) is 18.4 Å². The number of amides is 1. The highest BCUT2D eigenvalue weighted by Gasteiger charge is 2.15. The lowest BCUT2D eigenvalue weighted by Crippen LogP contribution is -2.37. The molecule has 0 aromatic heterocycles. The number of rotatable bonds is 6. The van der Waals surface area contributed by atoms with E-state index < -0.39 is 6.09 Å². The van der Waals surface area contributed by atoms with Crippen LogP contribution in [-0.2, 0) is 14.3 Å². The minimum Gasteiger partial charge on any atom is -0.469 e. The summed E-state index contributed by atoms with van der Waals surface area (Å²) in [6.45, 7) is 6.18. The van der Waals surface area contributed by atoms with E-state index in [9.17, 15) is 9.59 Å². The van der Waals surface area contributed by atoms with Gasteiger partial charge in [-0.2, -0.15) is 0 Å². The van der Waals surface area contributed by atoms with Crippen LogP contribution in [0.2, 0.25) is 0 Å². The Labute approximate surface area is 96.5 Å². The Morgan fingerprint density at radius 2 is 1.94 bits per heavy atom. The highest BCUT2D eigenvalue weighted by atomic mass is 16.5. The second-order valence-corrected chi connectivity index (χ2v) is 4.02. The topological polar surface area (TPSA) is 64.6 Å². The highest BCUT2D eigenvalue weighted by Crippen LogP contribution is 2.00. The van der Waals surface area contributed by atoms with Crippen LogP contribution >= 0.6 is 0 Å². The monoisotopic (exact) mass is 231 g/mol. The Kier molecular flexibility index (Phi) is 7.33. The standard InChI is InChI=1S/C11H21NO4/c1-5-9(6-10(13)15-4)12-11(14)16-7-8(2)3/h8-9H,5-7H2,1-4H3,(H,12,14). The predicted octanol–water partition coefficient (Wildman–Crippen LogP) is 1.71. The average Bonchev–Trinajstić information content (AvgIpc) is 2.25. The molecule has 0 aromatic carbocycles. The first kappa shape index (κ1) is 14.7. The van der Waals surface area contributed by atoms with Gasteiger partial charge in [0.25, 0.3) is 0 Å². The molecule has 0 saturated heterocycles. The number of carbonyl (C=O) groups excluding carboxylic acids is 2. The molecule has 5 nitrogen and oxygen atoms in total. The predicted molar refractivity (Wildman–Crippen MR) is 60.0 cm³/mol. The van der Waals surface area contributed by atoms with Gasteiger partial charge in [0.1, 0.15) is 0 Å². The number of alkyl carbamates (subject to hydrolysis) is 1. The molecule has 0 spiro atoms. The molecule has 0 aliphatic carbocycles. The summed E-state index contributed by atoms with van der Waals surface area (Å²) >= 11 is 0. The van der Waals surface area contributed by atoms with Crippen LogP contribution in [0.25, 0.3) is 0 Å². The zero-order chi connectivity index (χ0) is 12.6. The Balaban J connectivity index is 3.92. The molecule has 1 atom stereocenters. The lowest BCUT2D eigenvalue weighted by Gasteiger charge is -2.16. The minimum absolute atomic E-state index is 0.170. The molecular formula is C11H21NO4. The van der Waals surface area contributed by atoms with E-state index in [1.807, 2.05) is 20.8 Å². The normalized spacial score (nSPS) is 12.1. The van der Waals surface area contributed by atoms with Crippen LogP contribution in [0.4, 0.5) is 4.79 Å². The second-order valence-electron chi connectivity index (χ2n) is 4.02. The van der Waals surface area contributed by atoms with Crippen molar-refractivity contribution in [1.82, 2.24) is 5.32 Å². The van der Waals surface area contributed by atoms with Crippen molar-refractivity contribution >= 4 is 12.1 Å². The van der Waals surface area contributed by atoms with Crippen molar-refractivity contribution in [1.29, 1.82) is 0 Å². The first-order chi connectivity index (χ1) is 7.49. The van der Waals surface area contributed by atoms with E-state index in [0.29, 0.717) is 18.9 Å². The van der Waals surface area contributed by atoms with Gasteiger partial charge in [0, 0.05) is 6.04 Å². The van der Waals surface area contributed by atoms with Gasteiger partial charge in [-0.25, -0.2) is 4.79 Å². The second kappa shape index (κ2) is 7.96. The summed E-state index contributed by atoms with van der Waals surface area (Å²) < 4.78 is 9.48. The summed E-state index contributed by atoms with van der Waals surface area (Å²) in [5.41, 5.74) is 0. The third-order valence-corrected chi connectivity index (χ3v) is 2.00.